The first-order chi connectivity index (χ1) is 7.31. The molecule has 1 heterocycles. The average molecular weight is 206 g/mol. The van der Waals surface area contributed by atoms with Gasteiger partial charge in [-0.3, -0.25) is 0 Å². The molecule has 0 aliphatic carbocycles. The zero-order valence-corrected chi connectivity index (χ0v) is 8.67. The summed E-state index contributed by atoms with van der Waals surface area (Å²) in [5, 5.41) is 6.48. The van der Waals surface area contributed by atoms with E-state index < -0.39 is 0 Å². The van der Waals surface area contributed by atoms with Gasteiger partial charge in [0.05, 0.1) is 23.5 Å². The van der Waals surface area contributed by atoms with Gasteiger partial charge < -0.3 is 15.4 Å². The van der Waals surface area contributed by atoms with Crippen molar-refractivity contribution in [1.82, 2.24) is 0 Å². The molecule has 0 atom stereocenters. The molecule has 2 N–H and O–H groups in total. The molecule has 0 aromatic heterocycles. The maximum atomic E-state index is 11.5. The van der Waals surface area contributed by atoms with Gasteiger partial charge in [0.15, 0.2) is 0 Å². The predicted octanol–water partition coefficient (Wildman–Crippen LogP) is 1.70. The van der Waals surface area contributed by atoms with Gasteiger partial charge in [-0.1, -0.05) is 0 Å². The Morgan fingerprint density at radius 1 is 1.33 bits per heavy atom. The van der Waals surface area contributed by atoms with E-state index in [-0.39, 0.29) is 5.97 Å². The molecule has 4 heteroatoms. The van der Waals surface area contributed by atoms with Crippen LogP contribution in [0.4, 0.5) is 11.4 Å². The topological polar surface area (TPSA) is 50.4 Å². The number of fused-ring (bicyclic) bond motifs is 1. The maximum absolute atomic E-state index is 11.5. The molecule has 0 saturated heterocycles. The number of rotatable bonds is 2. The first-order valence-corrected chi connectivity index (χ1v) is 5.10. The van der Waals surface area contributed by atoms with Crippen molar-refractivity contribution in [1.29, 1.82) is 0 Å². The summed E-state index contributed by atoms with van der Waals surface area (Å²) in [4.78, 5) is 11.5. The second-order valence-corrected chi connectivity index (χ2v) is 3.33. The molecule has 0 bridgehead atoms. The van der Waals surface area contributed by atoms with E-state index in [9.17, 15) is 4.79 Å². The molecule has 1 aliphatic heterocycles. The van der Waals surface area contributed by atoms with Crippen LogP contribution in [-0.2, 0) is 4.74 Å². The highest BCUT2D eigenvalue weighted by Crippen LogP contribution is 2.25. The van der Waals surface area contributed by atoms with Gasteiger partial charge in [-0.05, 0) is 25.1 Å². The first kappa shape index (κ1) is 9.83. The fraction of sp³-hybridized carbons (Fsp3) is 0.364. The van der Waals surface area contributed by atoms with Crippen LogP contribution < -0.4 is 10.6 Å². The molecule has 4 nitrogen and oxygen atoms in total. The van der Waals surface area contributed by atoms with Crippen LogP contribution in [0.1, 0.15) is 17.3 Å². The molecular weight excluding hydrogens is 192 g/mol. The quantitative estimate of drug-likeness (QED) is 0.723. The molecule has 1 aromatic carbocycles. The van der Waals surface area contributed by atoms with Crippen molar-refractivity contribution in [2.45, 2.75) is 6.92 Å². The molecule has 0 spiro atoms. The molecule has 80 valence electrons. The van der Waals surface area contributed by atoms with Crippen molar-refractivity contribution in [2.24, 2.45) is 0 Å². The average Bonchev–Trinajstić information content (AvgIpc) is 2.29. The van der Waals surface area contributed by atoms with Crippen molar-refractivity contribution in [3.8, 4) is 0 Å². The van der Waals surface area contributed by atoms with Crippen molar-refractivity contribution in [3.05, 3.63) is 23.8 Å². The third-order valence-electron chi connectivity index (χ3n) is 2.29. The number of hydrogen-bond acceptors (Lipinski definition) is 4. The Kier molecular flexibility index (Phi) is 2.76. The van der Waals surface area contributed by atoms with E-state index in [0.717, 1.165) is 24.5 Å². The second-order valence-electron chi connectivity index (χ2n) is 3.33. The number of esters is 1. The minimum Gasteiger partial charge on any atom is -0.462 e. The van der Waals surface area contributed by atoms with E-state index in [4.69, 9.17) is 4.74 Å². The summed E-state index contributed by atoms with van der Waals surface area (Å²) in [7, 11) is 0. The van der Waals surface area contributed by atoms with Crippen molar-refractivity contribution < 1.29 is 9.53 Å². The molecule has 1 aromatic rings. The highest BCUT2D eigenvalue weighted by atomic mass is 16.5. The van der Waals surface area contributed by atoms with E-state index in [2.05, 4.69) is 10.6 Å². The highest BCUT2D eigenvalue weighted by molar-refractivity contribution is 5.92. The van der Waals surface area contributed by atoms with Crippen LogP contribution in [0.15, 0.2) is 18.2 Å². The van der Waals surface area contributed by atoms with Gasteiger partial charge in [0, 0.05) is 13.1 Å². The zero-order valence-electron chi connectivity index (χ0n) is 8.67. The van der Waals surface area contributed by atoms with Gasteiger partial charge in [0.2, 0.25) is 0 Å². The third kappa shape index (κ3) is 2.03. The lowest BCUT2D eigenvalue weighted by molar-refractivity contribution is 0.0526. The predicted molar refractivity (Wildman–Crippen MR) is 59.4 cm³/mol. The van der Waals surface area contributed by atoms with Crippen LogP contribution in [0.5, 0.6) is 0 Å². The number of carbonyl (C=O) groups is 1. The summed E-state index contributed by atoms with van der Waals surface area (Å²) >= 11 is 0. The summed E-state index contributed by atoms with van der Waals surface area (Å²) in [5.74, 6) is -0.271. The van der Waals surface area contributed by atoms with Gasteiger partial charge in [-0.2, -0.15) is 0 Å². The largest absolute Gasteiger partial charge is 0.462 e. The molecule has 0 radical (unpaired) electrons. The Labute approximate surface area is 88.6 Å². The lowest BCUT2D eigenvalue weighted by Crippen LogP contribution is -2.20. The first-order valence-electron chi connectivity index (χ1n) is 5.10. The lowest BCUT2D eigenvalue weighted by Gasteiger charge is -2.20. The van der Waals surface area contributed by atoms with Gasteiger partial charge in [-0.15, -0.1) is 0 Å². The Balaban J connectivity index is 2.24. The number of carbonyl (C=O) groups excluding carboxylic acids is 1. The highest BCUT2D eigenvalue weighted by Gasteiger charge is 2.12. The van der Waals surface area contributed by atoms with Gasteiger partial charge in [0.25, 0.3) is 0 Å². The molecule has 0 saturated carbocycles. The van der Waals surface area contributed by atoms with E-state index in [0.29, 0.717) is 12.2 Å². The van der Waals surface area contributed by atoms with Crippen molar-refractivity contribution in [2.75, 3.05) is 30.3 Å². The minimum absolute atomic E-state index is 0.271. The molecule has 0 unspecified atom stereocenters. The summed E-state index contributed by atoms with van der Waals surface area (Å²) in [6.45, 7) is 3.99. The number of nitrogens with one attached hydrogen (secondary N) is 2. The zero-order chi connectivity index (χ0) is 10.7. The van der Waals surface area contributed by atoms with E-state index in [1.807, 2.05) is 12.1 Å². The lowest BCUT2D eigenvalue weighted by atomic mass is 10.1. The normalized spacial score (nSPS) is 13.4. The van der Waals surface area contributed by atoms with Crippen LogP contribution in [-0.4, -0.2) is 25.7 Å². The number of anilines is 2. The van der Waals surface area contributed by atoms with E-state index >= 15 is 0 Å². The molecule has 2 rings (SSSR count). The second kappa shape index (κ2) is 4.21. The third-order valence-corrected chi connectivity index (χ3v) is 2.29. The Bertz CT molecular complexity index is 377. The summed E-state index contributed by atoms with van der Waals surface area (Å²) in [6, 6.07) is 5.49. The minimum atomic E-state index is -0.271. The van der Waals surface area contributed by atoms with Crippen LogP contribution in [0, 0.1) is 0 Å². The summed E-state index contributed by atoms with van der Waals surface area (Å²) < 4.78 is 4.93. The smallest absolute Gasteiger partial charge is 0.338 e. The van der Waals surface area contributed by atoms with E-state index in [1.54, 1.807) is 13.0 Å². The van der Waals surface area contributed by atoms with Gasteiger partial charge in [0.1, 0.15) is 0 Å². The molecule has 0 amide bonds. The van der Waals surface area contributed by atoms with Crippen LogP contribution in [0.3, 0.4) is 0 Å². The Hall–Kier alpha value is -1.71. The van der Waals surface area contributed by atoms with E-state index in [1.165, 1.54) is 0 Å². The molecule has 1 aliphatic rings. The number of benzene rings is 1. The number of hydrogen-bond donors (Lipinski definition) is 2. The fourth-order valence-corrected chi connectivity index (χ4v) is 1.58. The standard InChI is InChI=1S/C11H14N2O2/c1-2-15-11(14)8-3-4-9-10(7-8)13-6-5-12-9/h3-4,7,12-13H,2,5-6H2,1H3. The molecule has 0 fully saturated rings. The fourth-order valence-electron chi connectivity index (χ4n) is 1.58. The van der Waals surface area contributed by atoms with Gasteiger partial charge in [-0.25, -0.2) is 4.79 Å². The maximum Gasteiger partial charge on any atom is 0.338 e. The SMILES string of the molecule is CCOC(=O)c1ccc2c(c1)NCCN2. The van der Waals surface area contributed by atoms with Crippen LogP contribution in [0.25, 0.3) is 0 Å². The molecular formula is C11H14N2O2. The van der Waals surface area contributed by atoms with Crippen LogP contribution >= 0.6 is 0 Å². The van der Waals surface area contributed by atoms with Crippen molar-refractivity contribution >= 4 is 17.3 Å². The summed E-state index contributed by atoms with van der Waals surface area (Å²) in [6.07, 6.45) is 0. The monoisotopic (exact) mass is 206 g/mol. The Morgan fingerprint density at radius 2 is 2.07 bits per heavy atom. The van der Waals surface area contributed by atoms with Gasteiger partial charge >= 0.3 is 5.97 Å². The van der Waals surface area contributed by atoms with Crippen LogP contribution in [0.2, 0.25) is 0 Å². The Morgan fingerprint density at radius 3 is 2.80 bits per heavy atom. The molecule has 15 heavy (non-hydrogen) atoms. The summed E-state index contributed by atoms with van der Waals surface area (Å²) in [5.41, 5.74) is 2.59. The number of ether oxygens (including phenoxy) is 1. The van der Waals surface area contributed by atoms with Crippen molar-refractivity contribution in [3.63, 3.8) is 0 Å².